The van der Waals surface area contributed by atoms with Gasteiger partial charge in [-0.25, -0.2) is 0 Å². The van der Waals surface area contributed by atoms with Crippen molar-refractivity contribution < 1.29 is 9.53 Å². The van der Waals surface area contributed by atoms with Crippen molar-refractivity contribution in [2.45, 2.75) is 56.9 Å². The lowest BCUT2D eigenvalue weighted by molar-refractivity contribution is -0.130. The Balaban J connectivity index is 1.97. The minimum absolute atomic E-state index is 0.0791. The second-order valence-electron chi connectivity index (χ2n) is 5.45. The molecule has 2 fully saturated rings. The lowest BCUT2D eigenvalue weighted by Crippen LogP contribution is -2.51. The number of nitrogens with zero attached hydrogens (tertiary/aromatic N) is 1. The highest BCUT2D eigenvalue weighted by Gasteiger charge is 2.45. The molecule has 17 heavy (non-hydrogen) atoms. The molecule has 0 bridgehead atoms. The summed E-state index contributed by atoms with van der Waals surface area (Å²) in [7, 11) is 1.70. The maximum absolute atomic E-state index is 12.5. The van der Waals surface area contributed by atoms with Crippen LogP contribution < -0.4 is 0 Å². The lowest BCUT2D eigenvalue weighted by Gasteiger charge is -2.37. The topological polar surface area (TPSA) is 29.5 Å². The van der Waals surface area contributed by atoms with E-state index in [-0.39, 0.29) is 5.54 Å². The smallest absolute Gasteiger partial charge is 0.153 e. The lowest BCUT2D eigenvalue weighted by atomic mass is 9.87. The van der Waals surface area contributed by atoms with Gasteiger partial charge in [0.15, 0.2) is 5.78 Å². The second-order valence-corrected chi connectivity index (χ2v) is 5.45. The van der Waals surface area contributed by atoms with Crippen LogP contribution in [0, 0.1) is 0 Å². The Labute approximate surface area is 105 Å². The number of carbonyl (C=O) groups excluding carboxylic acids is 1. The average Bonchev–Trinajstić information content (AvgIpc) is 3.00. The van der Waals surface area contributed by atoms with Gasteiger partial charge in [0.25, 0.3) is 0 Å². The van der Waals surface area contributed by atoms with Crippen molar-refractivity contribution in [1.82, 2.24) is 4.90 Å². The summed E-state index contributed by atoms with van der Waals surface area (Å²) in [4.78, 5) is 15.0. The third-order valence-corrected chi connectivity index (χ3v) is 4.41. The molecule has 0 atom stereocenters. The van der Waals surface area contributed by atoms with E-state index in [0.29, 0.717) is 18.8 Å². The van der Waals surface area contributed by atoms with Crippen LogP contribution in [0.5, 0.6) is 0 Å². The molecule has 1 aliphatic heterocycles. The number of rotatable bonds is 6. The van der Waals surface area contributed by atoms with Gasteiger partial charge in [0.2, 0.25) is 0 Å². The number of carbonyl (C=O) groups is 1. The first kappa shape index (κ1) is 13.0. The molecule has 0 amide bonds. The molecule has 2 aliphatic rings. The molecule has 1 saturated heterocycles. The molecule has 0 unspecified atom stereocenters. The molecule has 0 aromatic heterocycles. The molecule has 1 heterocycles. The Morgan fingerprint density at radius 2 is 1.82 bits per heavy atom. The average molecular weight is 239 g/mol. The monoisotopic (exact) mass is 239 g/mol. The predicted molar refractivity (Wildman–Crippen MR) is 68.1 cm³/mol. The van der Waals surface area contributed by atoms with Gasteiger partial charge in [0, 0.05) is 20.1 Å². The van der Waals surface area contributed by atoms with Gasteiger partial charge in [0.1, 0.15) is 0 Å². The Morgan fingerprint density at radius 1 is 1.18 bits per heavy atom. The van der Waals surface area contributed by atoms with Gasteiger partial charge in [-0.15, -0.1) is 0 Å². The quantitative estimate of drug-likeness (QED) is 0.667. The zero-order valence-electron chi connectivity index (χ0n) is 11.0. The number of methoxy groups -OCH3 is 1. The molecule has 0 radical (unpaired) electrons. The second kappa shape index (κ2) is 5.96. The Hall–Kier alpha value is -0.410. The van der Waals surface area contributed by atoms with E-state index >= 15 is 0 Å². The standard InChI is InChI=1S/C14H25NO2/c1-17-12-6-7-13(16)14(8-2-3-9-14)15-10-4-5-11-15/h2-12H2,1H3. The molecule has 0 N–H and O–H groups in total. The molecule has 0 aromatic rings. The molecule has 2 rings (SSSR count). The SMILES string of the molecule is COCCCC(=O)C1(N2CCCC2)CCCC1. The van der Waals surface area contributed by atoms with Crippen LogP contribution in [0.25, 0.3) is 0 Å². The summed E-state index contributed by atoms with van der Waals surface area (Å²) in [5.41, 5.74) is -0.0791. The van der Waals surface area contributed by atoms with Gasteiger partial charge in [-0.05, 0) is 45.2 Å². The first-order valence-corrected chi connectivity index (χ1v) is 7.07. The Morgan fingerprint density at radius 3 is 2.41 bits per heavy atom. The van der Waals surface area contributed by atoms with Crippen molar-refractivity contribution in [3.8, 4) is 0 Å². The van der Waals surface area contributed by atoms with Crippen LogP contribution in [0.1, 0.15) is 51.4 Å². The zero-order valence-corrected chi connectivity index (χ0v) is 11.0. The van der Waals surface area contributed by atoms with Crippen LogP contribution in [0.15, 0.2) is 0 Å². The van der Waals surface area contributed by atoms with E-state index in [0.717, 1.165) is 32.4 Å². The summed E-state index contributed by atoms with van der Waals surface area (Å²) in [6.07, 6.45) is 8.77. The minimum Gasteiger partial charge on any atom is -0.385 e. The highest BCUT2D eigenvalue weighted by molar-refractivity contribution is 5.88. The number of likely N-dealkylation sites (tertiary alicyclic amines) is 1. The first-order valence-electron chi connectivity index (χ1n) is 7.07. The number of hydrogen-bond acceptors (Lipinski definition) is 3. The van der Waals surface area contributed by atoms with E-state index < -0.39 is 0 Å². The summed E-state index contributed by atoms with van der Waals surface area (Å²) >= 11 is 0. The van der Waals surface area contributed by atoms with E-state index in [1.54, 1.807) is 7.11 Å². The van der Waals surface area contributed by atoms with Crippen molar-refractivity contribution in [3.05, 3.63) is 0 Å². The zero-order chi connectivity index (χ0) is 12.1. The molecular weight excluding hydrogens is 214 g/mol. The van der Waals surface area contributed by atoms with Gasteiger partial charge in [0.05, 0.1) is 5.54 Å². The molecule has 0 spiro atoms. The highest BCUT2D eigenvalue weighted by atomic mass is 16.5. The van der Waals surface area contributed by atoms with Crippen molar-refractivity contribution in [1.29, 1.82) is 0 Å². The fraction of sp³-hybridized carbons (Fsp3) is 0.929. The number of Topliss-reactive ketones (excluding diaryl/α,β-unsaturated/α-hetero) is 1. The third-order valence-electron chi connectivity index (χ3n) is 4.41. The van der Waals surface area contributed by atoms with Gasteiger partial charge in [-0.2, -0.15) is 0 Å². The van der Waals surface area contributed by atoms with Gasteiger partial charge < -0.3 is 4.74 Å². The van der Waals surface area contributed by atoms with Crippen LogP contribution >= 0.6 is 0 Å². The van der Waals surface area contributed by atoms with Gasteiger partial charge >= 0.3 is 0 Å². The molecular formula is C14H25NO2. The third kappa shape index (κ3) is 2.71. The van der Waals surface area contributed by atoms with E-state index in [1.807, 2.05) is 0 Å². The summed E-state index contributed by atoms with van der Waals surface area (Å²) in [6.45, 7) is 2.98. The van der Waals surface area contributed by atoms with E-state index in [2.05, 4.69) is 4.90 Å². The van der Waals surface area contributed by atoms with Gasteiger partial charge in [-0.3, -0.25) is 9.69 Å². The summed E-state index contributed by atoms with van der Waals surface area (Å²) < 4.78 is 5.05. The van der Waals surface area contributed by atoms with Crippen molar-refractivity contribution in [2.75, 3.05) is 26.8 Å². The van der Waals surface area contributed by atoms with E-state index in [4.69, 9.17) is 4.74 Å². The summed E-state index contributed by atoms with van der Waals surface area (Å²) in [5, 5.41) is 0. The Bertz CT molecular complexity index is 253. The number of ketones is 1. The van der Waals surface area contributed by atoms with Crippen LogP contribution in [0.4, 0.5) is 0 Å². The maximum atomic E-state index is 12.5. The maximum Gasteiger partial charge on any atom is 0.153 e. The van der Waals surface area contributed by atoms with E-state index in [9.17, 15) is 4.79 Å². The normalized spacial score (nSPS) is 24.3. The fourth-order valence-electron chi connectivity index (χ4n) is 3.49. The minimum atomic E-state index is -0.0791. The predicted octanol–water partition coefficient (Wildman–Crippen LogP) is 2.39. The first-order chi connectivity index (χ1) is 8.29. The molecule has 1 aliphatic carbocycles. The van der Waals surface area contributed by atoms with Crippen LogP contribution in [-0.4, -0.2) is 43.0 Å². The van der Waals surface area contributed by atoms with Crippen LogP contribution in [0.2, 0.25) is 0 Å². The Kier molecular flexibility index (Phi) is 4.57. The summed E-state index contributed by atoms with van der Waals surface area (Å²) in [6, 6.07) is 0. The molecule has 1 saturated carbocycles. The molecule has 3 nitrogen and oxygen atoms in total. The van der Waals surface area contributed by atoms with Crippen molar-refractivity contribution in [2.24, 2.45) is 0 Å². The number of hydrogen-bond donors (Lipinski definition) is 0. The van der Waals surface area contributed by atoms with Gasteiger partial charge in [-0.1, -0.05) is 12.8 Å². The highest BCUT2D eigenvalue weighted by Crippen LogP contribution is 2.39. The van der Waals surface area contributed by atoms with Crippen molar-refractivity contribution in [3.63, 3.8) is 0 Å². The van der Waals surface area contributed by atoms with E-state index in [1.165, 1.54) is 25.7 Å². The summed E-state index contributed by atoms with van der Waals surface area (Å²) in [5.74, 6) is 0.481. The molecule has 98 valence electrons. The molecule has 0 aromatic carbocycles. The largest absolute Gasteiger partial charge is 0.385 e. The molecule has 3 heteroatoms. The van der Waals surface area contributed by atoms with Crippen LogP contribution in [-0.2, 0) is 9.53 Å². The van der Waals surface area contributed by atoms with Crippen LogP contribution in [0.3, 0.4) is 0 Å². The van der Waals surface area contributed by atoms with Crippen molar-refractivity contribution >= 4 is 5.78 Å². The fourth-order valence-corrected chi connectivity index (χ4v) is 3.49. The number of ether oxygens (including phenoxy) is 1.